The molecule has 0 unspecified atom stereocenters. The molecule has 2 aromatic rings. The van der Waals surface area contributed by atoms with Gasteiger partial charge in [-0.1, -0.05) is 50.0 Å². The minimum Gasteiger partial charge on any atom is -0.508 e. The lowest BCUT2D eigenvalue weighted by Crippen LogP contribution is -2.42. The summed E-state index contributed by atoms with van der Waals surface area (Å²) in [5.74, 6) is -1.72. The van der Waals surface area contributed by atoms with Gasteiger partial charge in [0.2, 0.25) is 11.8 Å². The topological polar surface area (TPSA) is 111 Å². The maximum Gasteiger partial charge on any atom is 0.234 e. The standard InChI is InChI=1S/C33H40N2O5/c1-2-22-19-26-31(33(40)35(32(26)39)24-10-4-3-5-11-24)27(20-36)30(22)29(38)15-14-23(28-13-6-7-16-34-28)17-21-9-8-12-25(37)18-21/h6-9,12-13,16-18,24,26-27,29,31,36-38H,2-5,10-11,14-15,19-20H2,1H3/b23-17-/t26-,27+,29-,31-/m1/s1. The molecule has 40 heavy (non-hydrogen) atoms. The minimum absolute atomic E-state index is 0.0411. The number of carbonyl (C=O) groups is 2. The molecule has 2 heterocycles. The second kappa shape index (κ2) is 12.5. The molecule has 0 spiro atoms. The van der Waals surface area contributed by atoms with E-state index in [2.05, 4.69) is 4.98 Å². The number of hydrogen-bond acceptors (Lipinski definition) is 6. The van der Waals surface area contributed by atoms with Crippen molar-refractivity contribution in [3.8, 4) is 5.75 Å². The fourth-order valence-corrected chi connectivity index (χ4v) is 7.11. The predicted molar refractivity (Wildman–Crippen MR) is 154 cm³/mol. The highest BCUT2D eigenvalue weighted by molar-refractivity contribution is 6.06. The highest BCUT2D eigenvalue weighted by Crippen LogP contribution is 2.48. The van der Waals surface area contributed by atoms with Crippen LogP contribution in [0.5, 0.6) is 5.75 Å². The van der Waals surface area contributed by atoms with Crippen LogP contribution in [0, 0.1) is 17.8 Å². The van der Waals surface area contributed by atoms with Crippen LogP contribution in [0.3, 0.4) is 0 Å². The molecule has 1 saturated carbocycles. The lowest BCUT2D eigenvalue weighted by molar-refractivity contribution is -0.143. The lowest BCUT2D eigenvalue weighted by atomic mass is 9.67. The molecule has 0 radical (unpaired) electrons. The number of phenols is 1. The number of pyridine rings is 1. The van der Waals surface area contributed by atoms with E-state index in [0.717, 1.165) is 60.1 Å². The molecule has 1 aliphatic heterocycles. The summed E-state index contributed by atoms with van der Waals surface area (Å²) in [4.78, 5) is 33.3. The Morgan fingerprint density at radius 3 is 2.58 bits per heavy atom. The third-order valence-electron chi connectivity index (χ3n) is 9.03. The third-order valence-corrected chi connectivity index (χ3v) is 9.03. The van der Waals surface area contributed by atoms with E-state index in [1.165, 1.54) is 4.90 Å². The molecule has 2 fully saturated rings. The summed E-state index contributed by atoms with van der Waals surface area (Å²) < 4.78 is 0. The predicted octanol–water partition coefficient (Wildman–Crippen LogP) is 5.12. The average molecular weight is 545 g/mol. The van der Waals surface area contributed by atoms with Gasteiger partial charge in [-0.3, -0.25) is 19.5 Å². The Hall–Kier alpha value is -3.29. The quantitative estimate of drug-likeness (QED) is 0.298. The number of rotatable bonds is 9. The molecule has 4 atom stereocenters. The first-order valence-electron chi connectivity index (χ1n) is 14.7. The van der Waals surface area contributed by atoms with Crippen LogP contribution in [0.15, 0.2) is 59.8 Å². The van der Waals surface area contributed by atoms with E-state index < -0.39 is 23.9 Å². The fourth-order valence-electron chi connectivity index (χ4n) is 7.11. The van der Waals surface area contributed by atoms with Crippen molar-refractivity contribution in [2.75, 3.05) is 6.61 Å². The number of aliphatic hydroxyl groups excluding tert-OH is 2. The molecule has 0 bridgehead atoms. The molecule has 7 nitrogen and oxygen atoms in total. The first-order valence-corrected chi connectivity index (χ1v) is 14.7. The summed E-state index contributed by atoms with van der Waals surface area (Å²) >= 11 is 0. The number of fused-ring (bicyclic) bond motifs is 1. The van der Waals surface area contributed by atoms with E-state index in [0.29, 0.717) is 25.7 Å². The Bertz CT molecular complexity index is 1280. The Kier molecular flexibility index (Phi) is 8.81. The fraction of sp³-hybridized carbons (Fsp3) is 0.485. The second-order valence-corrected chi connectivity index (χ2v) is 11.4. The maximum atomic E-state index is 13.7. The van der Waals surface area contributed by atoms with Crippen molar-refractivity contribution >= 4 is 23.5 Å². The van der Waals surface area contributed by atoms with Crippen LogP contribution in [-0.4, -0.2) is 55.8 Å². The Labute approximate surface area is 236 Å². The van der Waals surface area contributed by atoms with E-state index in [1.807, 2.05) is 37.3 Å². The van der Waals surface area contributed by atoms with Gasteiger partial charge in [-0.25, -0.2) is 0 Å². The molecule has 1 saturated heterocycles. The minimum atomic E-state index is -0.865. The number of imide groups is 1. The van der Waals surface area contributed by atoms with Crippen LogP contribution in [0.25, 0.3) is 11.6 Å². The number of carbonyl (C=O) groups excluding carboxylic acids is 2. The smallest absolute Gasteiger partial charge is 0.234 e. The molecular weight excluding hydrogens is 504 g/mol. The van der Waals surface area contributed by atoms with Crippen molar-refractivity contribution in [3.63, 3.8) is 0 Å². The zero-order valence-electron chi connectivity index (χ0n) is 23.2. The molecule has 1 aromatic heterocycles. The summed E-state index contributed by atoms with van der Waals surface area (Å²) in [5.41, 5.74) is 4.24. The number of amides is 2. The number of hydrogen-bond donors (Lipinski definition) is 3. The number of aliphatic hydroxyl groups is 2. The van der Waals surface area contributed by atoms with Gasteiger partial charge in [-0.05, 0) is 85.6 Å². The van der Waals surface area contributed by atoms with E-state index in [1.54, 1.807) is 24.4 Å². The number of allylic oxidation sites excluding steroid dienone is 2. The van der Waals surface area contributed by atoms with Gasteiger partial charge >= 0.3 is 0 Å². The van der Waals surface area contributed by atoms with Gasteiger partial charge in [-0.15, -0.1) is 0 Å². The van der Waals surface area contributed by atoms with Gasteiger partial charge in [0, 0.05) is 18.2 Å². The van der Waals surface area contributed by atoms with Gasteiger partial charge in [0.15, 0.2) is 0 Å². The first-order chi connectivity index (χ1) is 19.4. The van der Waals surface area contributed by atoms with Crippen molar-refractivity contribution in [2.24, 2.45) is 17.8 Å². The number of nitrogens with zero attached hydrogens (tertiary/aromatic N) is 2. The van der Waals surface area contributed by atoms with Gasteiger partial charge in [0.05, 0.1) is 30.2 Å². The normalized spacial score (nSPS) is 24.9. The van der Waals surface area contributed by atoms with E-state index >= 15 is 0 Å². The van der Waals surface area contributed by atoms with Crippen LogP contribution >= 0.6 is 0 Å². The average Bonchev–Trinajstić information content (AvgIpc) is 3.23. The molecule has 3 N–H and O–H groups in total. The van der Waals surface area contributed by atoms with Gasteiger partial charge < -0.3 is 15.3 Å². The number of benzene rings is 1. The molecule has 7 heteroatoms. The molecule has 1 aromatic carbocycles. The Morgan fingerprint density at radius 2 is 1.90 bits per heavy atom. The summed E-state index contributed by atoms with van der Waals surface area (Å²) in [6.07, 6.45) is 9.72. The number of aromatic nitrogens is 1. The van der Waals surface area contributed by atoms with E-state index in [9.17, 15) is 24.9 Å². The van der Waals surface area contributed by atoms with Crippen molar-refractivity contribution in [1.29, 1.82) is 0 Å². The van der Waals surface area contributed by atoms with Crippen LogP contribution in [0.1, 0.15) is 76.0 Å². The van der Waals surface area contributed by atoms with Crippen LogP contribution < -0.4 is 0 Å². The molecule has 5 rings (SSSR count). The SMILES string of the molecule is CCC1=C([C@H](O)CC/C(=C/c2cccc(O)c2)c2ccccn2)[C@H](CO)[C@@H]2C(=O)N(C3CCCCC3)C(=O)[C@@H]2C1. The molecule has 2 aliphatic carbocycles. The Balaban J connectivity index is 1.40. The van der Waals surface area contributed by atoms with Crippen LogP contribution in [0.4, 0.5) is 0 Å². The van der Waals surface area contributed by atoms with Crippen molar-refractivity contribution < 1.29 is 24.9 Å². The lowest BCUT2D eigenvalue weighted by Gasteiger charge is -2.36. The van der Waals surface area contributed by atoms with E-state index in [4.69, 9.17) is 0 Å². The number of aromatic hydroxyl groups is 1. The van der Waals surface area contributed by atoms with Gasteiger partial charge in [0.1, 0.15) is 5.75 Å². The molecule has 3 aliphatic rings. The van der Waals surface area contributed by atoms with Crippen LogP contribution in [0.2, 0.25) is 0 Å². The second-order valence-electron chi connectivity index (χ2n) is 11.4. The summed E-state index contributed by atoms with van der Waals surface area (Å²) in [5, 5.41) is 32.1. The summed E-state index contributed by atoms with van der Waals surface area (Å²) in [6, 6.07) is 12.6. The largest absolute Gasteiger partial charge is 0.508 e. The van der Waals surface area contributed by atoms with Crippen molar-refractivity contribution in [2.45, 2.75) is 76.9 Å². The van der Waals surface area contributed by atoms with Crippen molar-refractivity contribution in [1.82, 2.24) is 9.88 Å². The van der Waals surface area contributed by atoms with Crippen LogP contribution in [-0.2, 0) is 9.59 Å². The summed E-state index contributed by atoms with van der Waals surface area (Å²) in [7, 11) is 0. The van der Waals surface area contributed by atoms with Gasteiger partial charge in [-0.2, -0.15) is 0 Å². The van der Waals surface area contributed by atoms with E-state index in [-0.39, 0.29) is 30.2 Å². The highest BCUT2D eigenvalue weighted by Gasteiger charge is 2.56. The molecule has 212 valence electrons. The number of likely N-dealkylation sites (tertiary alicyclic amines) is 1. The monoisotopic (exact) mass is 544 g/mol. The zero-order chi connectivity index (χ0) is 28.2. The Morgan fingerprint density at radius 1 is 1.10 bits per heavy atom. The zero-order valence-corrected chi connectivity index (χ0v) is 23.2. The number of phenolic OH excluding ortho intramolecular Hbond substituents is 1. The van der Waals surface area contributed by atoms with Crippen molar-refractivity contribution in [3.05, 3.63) is 71.1 Å². The summed E-state index contributed by atoms with van der Waals surface area (Å²) in [6.45, 7) is 1.74. The highest BCUT2D eigenvalue weighted by atomic mass is 16.3. The molecular formula is C33H40N2O5. The first kappa shape index (κ1) is 28.2. The van der Waals surface area contributed by atoms with Gasteiger partial charge in [0.25, 0.3) is 0 Å². The maximum absolute atomic E-state index is 13.7. The third kappa shape index (κ3) is 5.63. The molecule has 2 amide bonds.